The monoisotopic (exact) mass is 309 g/mol. The van der Waals surface area contributed by atoms with Gasteiger partial charge in [0.05, 0.1) is 24.7 Å². The van der Waals surface area contributed by atoms with E-state index in [1.54, 1.807) is 12.1 Å². The van der Waals surface area contributed by atoms with Crippen molar-refractivity contribution in [1.29, 1.82) is 0 Å². The summed E-state index contributed by atoms with van der Waals surface area (Å²) in [5.74, 6) is -0.752. The second-order valence-corrected chi connectivity index (χ2v) is 6.60. The van der Waals surface area contributed by atoms with Crippen LogP contribution < -0.4 is 5.76 Å². The van der Waals surface area contributed by atoms with Crippen molar-refractivity contribution in [2.45, 2.75) is 39.1 Å². The Hall–Kier alpha value is -1.63. The van der Waals surface area contributed by atoms with E-state index in [1.165, 1.54) is 0 Å². The molecular weight excluding hydrogens is 291 g/mol. The Kier molecular flexibility index (Phi) is 3.84. The molecule has 22 heavy (non-hydrogen) atoms. The molecule has 1 unspecified atom stereocenters. The zero-order valence-electron chi connectivity index (χ0n) is 12.6. The first kappa shape index (κ1) is 15.3. The van der Waals surface area contributed by atoms with Gasteiger partial charge in [-0.2, -0.15) is 0 Å². The molecule has 0 radical (unpaired) electrons. The highest BCUT2D eigenvalue weighted by atomic mass is 19.3. The van der Waals surface area contributed by atoms with Crippen LogP contribution in [0.5, 0.6) is 0 Å². The maximum atomic E-state index is 12.6. The first-order valence-corrected chi connectivity index (χ1v) is 7.39. The van der Waals surface area contributed by atoms with Crippen molar-refractivity contribution in [3.8, 4) is 0 Å². The highest BCUT2D eigenvalue weighted by Gasteiger charge is 2.29. The number of rotatable bonds is 3. The van der Waals surface area contributed by atoms with Gasteiger partial charge in [-0.25, -0.2) is 13.6 Å². The normalized spacial score (nSPS) is 21.2. The third kappa shape index (κ3) is 2.95. The van der Waals surface area contributed by atoms with Crippen LogP contribution in [0.2, 0.25) is 6.32 Å². The Morgan fingerprint density at radius 1 is 1.45 bits per heavy atom. The van der Waals surface area contributed by atoms with Gasteiger partial charge in [0.1, 0.15) is 0 Å². The van der Waals surface area contributed by atoms with Gasteiger partial charge in [-0.3, -0.25) is 4.57 Å². The van der Waals surface area contributed by atoms with E-state index in [0.717, 1.165) is 23.7 Å². The van der Waals surface area contributed by atoms with E-state index in [2.05, 4.69) is 13.8 Å². The molecule has 0 saturated carbocycles. The SMILES string of the molecule is CC1(C)CBC(c2ccc3oc(=O)n(CC(F)F)c3c2)OC1. The van der Waals surface area contributed by atoms with Gasteiger partial charge >= 0.3 is 5.76 Å². The number of hydrogen-bond acceptors (Lipinski definition) is 3. The number of halogens is 2. The molecule has 1 fully saturated rings. The fourth-order valence-electron chi connectivity index (χ4n) is 2.86. The van der Waals surface area contributed by atoms with Crippen LogP contribution in [0.4, 0.5) is 8.78 Å². The lowest BCUT2D eigenvalue weighted by Crippen LogP contribution is -2.32. The van der Waals surface area contributed by atoms with Crippen molar-refractivity contribution in [3.05, 3.63) is 34.3 Å². The number of alkyl halides is 2. The molecule has 1 aliphatic heterocycles. The fraction of sp³-hybridized carbons (Fsp3) is 0.533. The third-order valence-electron chi connectivity index (χ3n) is 4.14. The minimum absolute atomic E-state index is 0.0672. The molecule has 1 atom stereocenters. The van der Waals surface area contributed by atoms with Crippen molar-refractivity contribution in [2.24, 2.45) is 5.41 Å². The van der Waals surface area contributed by atoms with Gasteiger partial charge in [0.15, 0.2) is 12.9 Å². The van der Waals surface area contributed by atoms with Crippen molar-refractivity contribution >= 4 is 18.4 Å². The maximum Gasteiger partial charge on any atom is 0.420 e. The summed E-state index contributed by atoms with van der Waals surface area (Å²) in [6.07, 6.45) is -1.57. The fourth-order valence-corrected chi connectivity index (χ4v) is 2.86. The smallest absolute Gasteiger partial charge is 0.408 e. The second-order valence-electron chi connectivity index (χ2n) is 6.60. The van der Waals surface area contributed by atoms with Gasteiger partial charge in [0, 0.05) is 0 Å². The van der Waals surface area contributed by atoms with Crippen molar-refractivity contribution < 1.29 is 17.9 Å². The van der Waals surface area contributed by atoms with E-state index in [4.69, 9.17) is 9.15 Å². The van der Waals surface area contributed by atoms with Gasteiger partial charge < -0.3 is 9.15 Å². The summed E-state index contributed by atoms with van der Waals surface area (Å²) in [5, 5.41) is 0. The number of aromatic nitrogens is 1. The average Bonchev–Trinajstić information content (AvgIpc) is 2.74. The number of hydrogen-bond donors (Lipinski definition) is 0. The first-order valence-electron chi connectivity index (χ1n) is 7.39. The quantitative estimate of drug-likeness (QED) is 0.819. The van der Waals surface area contributed by atoms with Crippen molar-refractivity contribution in [3.63, 3.8) is 0 Å². The van der Waals surface area contributed by atoms with Crippen LogP contribution in [0.1, 0.15) is 25.4 Å². The lowest BCUT2D eigenvalue weighted by Gasteiger charge is -2.34. The molecule has 4 nitrogen and oxygen atoms in total. The van der Waals surface area contributed by atoms with Crippen molar-refractivity contribution in [2.75, 3.05) is 6.61 Å². The minimum Gasteiger partial charge on any atom is -0.408 e. The van der Waals surface area contributed by atoms with Crippen LogP contribution in [0.25, 0.3) is 11.1 Å². The van der Waals surface area contributed by atoms with Gasteiger partial charge in [0.25, 0.3) is 6.43 Å². The van der Waals surface area contributed by atoms with Crippen LogP contribution >= 0.6 is 0 Å². The number of benzene rings is 1. The van der Waals surface area contributed by atoms with E-state index < -0.39 is 18.7 Å². The Balaban J connectivity index is 1.94. The molecule has 0 spiro atoms. The average molecular weight is 309 g/mol. The van der Waals surface area contributed by atoms with Crippen LogP contribution in [0, 0.1) is 5.41 Å². The largest absolute Gasteiger partial charge is 0.420 e. The predicted molar refractivity (Wildman–Crippen MR) is 80.9 cm³/mol. The van der Waals surface area contributed by atoms with Gasteiger partial charge in [-0.15, -0.1) is 0 Å². The van der Waals surface area contributed by atoms with Gasteiger partial charge in [-0.1, -0.05) is 26.2 Å². The van der Waals surface area contributed by atoms with Crippen molar-refractivity contribution in [1.82, 2.24) is 4.57 Å². The van der Waals surface area contributed by atoms with Crippen LogP contribution in [0.3, 0.4) is 0 Å². The third-order valence-corrected chi connectivity index (χ3v) is 4.14. The molecule has 3 rings (SSSR count). The molecule has 1 saturated heterocycles. The van der Waals surface area contributed by atoms with E-state index >= 15 is 0 Å². The molecule has 0 bridgehead atoms. The highest BCUT2D eigenvalue weighted by molar-refractivity contribution is 6.37. The summed E-state index contributed by atoms with van der Waals surface area (Å²) in [7, 11) is 0.870. The number of oxazole rings is 1. The van der Waals surface area contributed by atoms with Crippen LogP contribution in [-0.4, -0.2) is 24.9 Å². The lowest BCUT2D eigenvalue weighted by molar-refractivity contribution is 0.0312. The Morgan fingerprint density at radius 3 is 2.86 bits per heavy atom. The summed E-state index contributed by atoms with van der Waals surface area (Å²) in [5.41, 5.74) is 1.78. The van der Waals surface area contributed by atoms with Crippen LogP contribution in [0.15, 0.2) is 27.4 Å². The van der Waals surface area contributed by atoms with Gasteiger partial charge in [0.2, 0.25) is 0 Å². The van der Waals surface area contributed by atoms with E-state index in [9.17, 15) is 13.6 Å². The Labute approximate surface area is 127 Å². The van der Waals surface area contributed by atoms with Crippen LogP contribution in [-0.2, 0) is 11.3 Å². The van der Waals surface area contributed by atoms with E-state index in [1.807, 2.05) is 6.07 Å². The molecule has 0 aliphatic carbocycles. The predicted octanol–water partition coefficient (Wildman–Crippen LogP) is 2.77. The molecule has 0 amide bonds. The second kappa shape index (κ2) is 5.54. The van der Waals surface area contributed by atoms with E-state index in [-0.39, 0.29) is 11.4 Å². The lowest BCUT2D eigenvalue weighted by atomic mass is 9.57. The van der Waals surface area contributed by atoms with E-state index in [0.29, 0.717) is 17.7 Å². The molecular formula is C15H18BF2NO3. The molecule has 2 heterocycles. The summed E-state index contributed by atoms with van der Waals surface area (Å²) in [6.45, 7) is 4.31. The maximum absolute atomic E-state index is 12.6. The topological polar surface area (TPSA) is 44.4 Å². The standard InChI is InChI=1S/C15H18BF2NO3/c1-15(2)7-16-13(21-8-15)9-3-4-11-10(5-9)19(6-12(17)18)14(20)22-11/h3-5,12-13,16H,6-8H2,1-2H3. The Bertz CT molecular complexity index is 728. The zero-order valence-corrected chi connectivity index (χ0v) is 12.6. The molecule has 0 N–H and O–H groups in total. The summed E-state index contributed by atoms with van der Waals surface area (Å²) >= 11 is 0. The number of fused-ring (bicyclic) bond motifs is 1. The molecule has 2 aromatic rings. The molecule has 1 aliphatic rings. The molecule has 1 aromatic heterocycles. The zero-order chi connectivity index (χ0) is 15.9. The first-order chi connectivity index (χ1) is 10.4. The Morgan fingerprint density at radius 2 is 2.23 bits per heavy atom. The highest BCUT2D eigenvalue weighted by Crippen LogP contribution is 2.33. The summed E-state index contributed by atoms with van der Waals surface area (Å²) in [4.78, 5) is 11.7. The molecule has 1 aromatic carbocycles. The number of nitrogens with zero attached hydrogens (tertiary/aromatic N) is 1. The molecule has 7 heteroatoms. The number of ether oxygens (including phenoxy) is 1. The summed E-state index contributed by atoms with van der Waals surface area (Å²) in [6, 6.07) is 5.14. The minimum atomic E-state index is -2.60. The molecule has 118 valence electrons. The van der Waals surface area contributed by atoms with Gasteiger partial charge in [-0.05, 0) is 23.1 Å². The summed E-state index contributed by atoms with van der Waals surface area (Å²) < 4.78 is 37.1.